The van der Waals surface area contributed by atoms with Crippen LogP contribution in [0.25, 0.3) is 0 Å². The van der Waals surface area contributed by atoms with Crippen molar-refractivity contribution < 1.29 is 9.59 Å². The van der Waals surface area contributed by atoms with Gasteiger partial charge in [0.15, 0.2) is 0 Å². The smallest absolute Gasteiger partial charge is 0.313 e. The molecule has 0 unspecified atom stereocenters. The van der Waals surface area contributed by atoms with Gasteiger partial charge in [0.05, 0.1) is 12.5 Å². The summed E-state index contributed by atoms with van der Waals surface area (Å²) in [5.41, 5.74) is 1.43. The Bertz CT molecular complexity index is 606. The van der Waals surface area contributed by atoms with Gasteiger partial charge in [0.1, 0.15) is 0 Å². The van der Waals surface area contributed by atoms with Crippen LogP contribution in [0.2, 0.25) is 0 Å². The summed E-state index contributed by atoms with van der Waals surface area (Å²) in [5, 5.41) is 11.2. The summed E-state index contributed by atoms with van der Waals surface area (Å²) in [5.74, 6) is -0.737. The maximum Gasteiger partial charge on any atom is 0.313 e. The van der Waals surface area contributed by atoms with E-state index in [2.05, 4.69) is 23.3 Å². The SMILES string of the molecule is CN1CC[C@H](CN(C)C(=O)C(=O)Nc2ccc(CC#N)cc2)C1. The topological polar surface area (TPSA) is 76.4 Å². The molecule has 1 N–H and O–H groups in total. The monoisotopic (exact) mass is 314 g/mol. The molecule has 0 spiro atoms. The van der Waals surface area contributed by atoms with E-state index in [9.17, 15) is 9.59 Å². The second-order valence-corrected chi connectivity index (χ2v) is 6.09. The number of nitriles is 1. The second-order valence-electron chi connectivity index (χ2n) is 6.09. The van der Waals surface area contributed by atoms with Crippen molar-refractivity contribution in [3.05, 3.63) is 29.8 Å². The molecule has 6 heteroatoms. The molecule has 1 aromatic carbocycles. The van der Waals surface area contributed by atoms with Gasteiger partial charge in [-0.15, -0.1) is 0 Å². The molecule has 1 aliphatic rings. The van der Waals surface area contributed by atoms with Crippen molar-refractivity contribution in [2.75, 3.05) is 39.0 Å². The van der Waals surface area contributed by atoms with Gasteiger partial charge in [-0.1, -0.05) is 12.1 Å². The number of carbonyl (C=O) groups is 2. The number of rotatable bonds is 4. The van der Waals surface area contributed by atoms with Crippen LogP contribution in [-0.4, -0.2) is 55.3 Å². The maximum absolute atomic E-state index is 12.1. The Labute approximate surface area is 136 Å². The summed E-state index contributed by atoms with van der Waals surface area (Å²) in [7, 11) is 3.72. The molecule has 6 nitrogen and oxygen atoms in total. The Balaban J connectivity index is 1.86. The molecule has 0 radical (unpaired) electrons. The van der Waals surface area contributed by atoms with Crippen LogP contribution in [0.1, 0.15) is 12.0 Å². The molecular formula is C17H22N4O2. The molecule has 0 bridgehead atoms. The van der Waals surface area contributed by atoms with Crippen molar-refractivity contribution >= 4 is 17.5 Å². The largest absolute Gasteiger partial charge is 0.337 e. The zero-order valence-electron chi connectivity index (χ0n) is 13.6. The van der Waals surface area contributed by atoms with Crippen molar-refractivity contribution in [3.8, 4) is 6.07 Å². The molecule has 2 amide bonds. The molecule has 1 saturated heterocycles. The summed E-state index contributed by atoms with van der Waals surface area (Å²) in [6.07, 6.45) is 1.38. The number of hydrogen-bond donors (Lipinski definition) is 1. The fourth-order valence-electron chi connectivity index (χ4n) is 2.80. The van der Waals surface area contributed by atoms with Crippen molar-refractivity contribution in [2.45, 2.75) is 12.8 Å². The zero-order chi connectivity index (χ0) is 16.8. The highest BCUT2D eigenvalue weighted by Crippen LogP contribution is 2.15. The Hall–Kier alpha value is -2.39. The van der Waals surface area contributed by atoms with E-state index in [1.54, 1.807) is 31.3 Å². The Morgan fingerprint density at radius 3 is 2.65 bits per heavy atom. The molecule has 122 valence electrons. The van der Waals surface area contributed by atoms with E-state index in [0.717, 1.165) is 25.1 Å². The summed E-state index contributed by atoms with van der Waals surface area (Å²) in [6.45, 7) is 2.59. The van der Waals surface area contributed by atoms with Crippen LogP contribution in [0, 0.1) is 17.2 Å². The third kappa shape index (κ3) is 4.80. The van der Waals surface area contributed by atoms with Crippen LogP contribution in [0.15, 0.2) is 24.3 Å². The lowest BCUT2D eigenvalue weighted by atomic mass is 10.1. The van der Waals surface area contributed by atoms with Gasteiger partial charge in [-0.25, -0.2) is 0 Å². The first-order valence-corrected chi connectivity index (χ1v) is 7.70. The molecule has 1 fully saturated rings. The second kappa shape index (κ2) is 7.75. The molecule has 0 aliphatic carbocycles. The molecule has 2 rings (SSSR count). The molecule has 0 aromatic heterocycles. The van der Waals surface area contributed by atoms with Crippen molar-refractivity contribution in [3.63, 3.8) is 0 Å². The highest BCUT2D eigenvalue weighted by Gasteiger charge is 2.25. The Morgan fingerprint density at radius 2 is 2.09 bits per heavy atom. The summed E-state index contributed by atoms with van der Waals surface area (Å²) in [4.78, 5) is 27.9. The molecule has 1 heterocycles. The van der Waals surface area contributed by atoms with Crippen LogP contribution in [-0.2, 0) is 16.0 Å². The minimum absolute atomic E-state index is 0.325. The first-order chi connectivity index (χ1) is 11.0. The van der Waals surface area contributed by atoms with Crippen LogP contribution >= 0.6 is 0 Å². The van der Waals surface area contributed by atoms with Gasteiger partial charge in [0, 0.05) is 25.8 Å². The number of benzene rings is 1. The molecule has 0 saturated carbocycles. The van der Waals surface area contributed by atoms with Gasteiger partial charge in [0.25, 0.3) is 0 Å². The standard InChI is InChI=1S/C17H22N4O2/c1-20-10-8-14(11-20)12-21(2)17(23)16(22)19-15-5-3-13(4-6-15)7-9-18/h3-6,14H,7-8,10-12H2,1-2H3,(H,19,22)/t14-/m0/s1. The van der Waals surface area contributed by atoms with Crippen LogP contribution in [0.3, 0.4) is 0 Å². The van der Waals surface area contributed by atoms with Gasteiger partial charge in [-0.2, -0.15) is 5.26 Å². The average molecular weight is 314 g/mol. The number of amides is 2. The predicted octanol–water partition coefficient (Wildman–Crippen LogP) is 1.10. The van der Waals surface area contributed by atoms with Gasteiger partial charge in [-0.05, 0) is 43.6 Å². The number of carbonyl (C=O) groups excluding carboxylic acids is 2. The summed E-state index contributed by atoms with van der Waals surface area (Å²) < 4.78 is 0. The Morgan fingerprint density at radius 1 is 1.39 bits per heavy atom. The van der Waals surface area contributed by atoms with Crippen molar-refractivity contribution in [1.82, 2.24) is 9.80 Å². The highest BCUT2D eigenvalue weighted by molar-refractivity contribution is 6.39. The zero-order valence-corrected chi connectivity index (χ0v) is 13.6. The summed E-state index contributed by atoms with van der Waals surface area (Å²) in [6, 6.07) is 8.99. The van der Waals surface area contributed by atoms with E-state index in [-0.39, 0.29) is 0 Å². The van der Waals surface area contributed by atoms with E-state index >= 15 is 0 Å². The average Bonchev–Trinajstić information content (AvgIpc) is 2.93. The van der Waals surface area contributed by atoms with Crippen LogP contribution in [0.4, 0.5) is 5.69 Å². The van der Waals surface area contributed by atoms with E-state index < -0.39 is 11.8 Å². The van der Waals surface area contributed by atoms with Crippen molar-refractivity contribution in [2.24, 2.45) is 5.92 Å². The number of likely N-dealkylation sites (tertiary alicyclic amines) is 1. The van der Waals surface area contributed by atoms with E-state index in [4.69, 9.17) is 5.26 Å². The third-order valence-corrected chi connectivity index (χ3v) is 4.06. The van der Waals surface area contributed by atoms with Crippen LogP contribution < -0.4 is 5.32 Å². The van der Waals surface area contributed by atoms with Gasteiger partial charge in [0.2, 0.25) is 0 Å². The third-order valence-electron chi connectivity index (χ3n) is 4.06. The summed E-state index contributed by atoms with van der Waals surface area (Å²) >= 11 is 0. The van der Waals surface area contributed by atoms with E-state index in [1.807, 2.05) is 0 Å². The molecule has 23 heavy (non-hydrogen) atoms. The normalized spacial score (nSPS) is 17.5. The predicted molar refractivity (Wildman–Crippen MR) is 87.6 cm³/mol. The number of hydrogen-bond acceptors (Lipinski definition) is 4. The number of nitrogens with zero attached hydrogens (tertiary/aromatic N) is 3. The molecule has 1 aromatic rings. The van der Waals surface area contributed by atoms with Crippen LogP contribution in [0.5, 0.6) is 0 Å². The highest BCUT2D eigenvalue weighted by atomic mass is 16.2. The minimum atomic E-state index is -0.633. The number of likely N-dealkylation sites (N-methyl/N-ethyl adjacent to an activating group) is 1. The molecule has 1 atom stereocenters. The van der Waals surface area contributed by atoms with Gasteiger partial charge in [-0.3, -0.25) is 9.59 Å². The number of anilines is 1. The molecular weight excluding hydrogens is 292 g/mol. The number of nitrogens with one attached hydrogen (secondary N) is 1. The molecule has 1 aliphatic heterocycles. The fraction of sp³-hybridized carbons (Fsp3) is 0.471. The van der Waals surface area contributed by atoms with Gasteiger partial charge >= 0.3 is 11.8 Å². The van der Waals surface area contributed by atoms with E-state index in [1.165, 1.54) is 4.90 Å². The lowest BCUT2D eigenvalue weighted by molar-refractivity contribution is -0.142. The van der Waals surface area contributed by atoms with Gasteiger partial charge < -0.3 is 15.1 Å². The first kappa shape index (κ1) is 17.0. The Kier molecular flexibility index (Phi) is 5.72. The van der Waals surface area contributed by atoms with E-state index in [0.29, 0.717) is 24.6 Å². The van der Waals surface area contributed by atoms with Crippen molar-refractivity contribution in [1.29, 1.82) is 5.26 Å². The quantitative estimate of drug-likeness (QED) is 0.844. The maximum atomic E-state index is 12.1. The fourth-order valence-corrected chi connectivity index (χ4v) is 2.80. The lowest BCUT2D eigenvalue weighted by Crippen LogP contribution is -2.40. The lowest BCUT2D eigenvalue weighted by Gasteiger charge is -2.20. The first-order valence-electron chi connectivity index (χ1n) is 7.70. The minimum Gasteiger partial charge on any atom is -0.337 e.